The standard InChI is InChI=1S/C13H17N3O2/c1-9-4-5-10-12(13(17)18-3)15-11(6-7-14-2)16(10)8-9/h4-5,8,14H,6-7H2,1-3H3. The molecule has 0 saturated carbocycles. The number of esters is 1. The molecular formula is C13H17N3O2. The molecule has 2 aromatic rings. The summed E-state index contributed by atoms with van der Waals surface area (Å²) in [6.07, 6.45) is 2.75. The van der Waals surface area contributed by atoms with Crippen LogP contribution in [0, 0.1) is 6.92 Å². The number of aryl methyl sites for hydroxylation is 1. The number of hydrogen-bond donors (Lipinski definition) is 1. The van der Waals surface area contributed by atoms with Gasteiger partial charge in [-0.25, -0.2) is 9.78 Å². The highest BCUT2D eigenvalue weighted by Gasteiger charge is 2.17. The number of nitrogens with zero attached hydrogens (tertiary/aromatic N) is 2. The molecule has 0 aliphatic heterocycles. The van der Waals surface area contributed by atoms with E-state index in [1.54, 1.807) is 0 Å². The van der Waals surface area contributed by atoms with Crippen molar-refractivity contribution in [1.29, 1.82) is 0 Å². The summed E-state index contributed by atoms with van der Waals surface area (Å²) in [5.74, 6) is 0.468. The highest BCUT2D eigenvalue weighted by atomic mass is 16.5. The van der Waals surface area contributed by atoms with Crippen LogP contribution in [-0.4, -0.2) is 36.1 Å². The number of likely N-dealkylation sites (N-methyl/N-ethyl adjacent to an activating group) is 1. The maximum absolute atomic E-state index is 11.7. The Morgan fingerprint density at radius 1 is 1.50 bits per heavy atom. The lowest BCUT2D eigenvalue weighted by Gasteiger charge is -2.01. The van der Waals surface area contributed by atoms with Crippen molar-refractivity contribution in [1.82, 2.24) is 14.7 Å². The summed E-state index contributed by atoms with van der Waals surface area (Å²) in [4.78, 5) is 16.1. The predicted octanol–water partition coefficient (Wildman–Crippen LogP) is 1.19. The second kappa shape index (κ2) is 5.18. The Hall–Kier alpha value is -1.88. The molecule has 2 aromatic heterocycles. The molecule has 0 spiro atoms. The first-order chi connectivity index (χ1) is 8.67. The van der Waals surface area contributed by atoms with E-state index < -0.39 is 5.97 Å². The van der Waals surface area contributed by atoms with E-state index in [9.17, 15) is 4.79 Å². The summed E-state index contributed by atoms with van der Waals surface area (Å²) < 4.78 is 6.72. The third-order valence-corrected chi connectivity index (χ3v) is 2.84. The van der Waals surface area contributed by atoms with Gasteiger partial charge < -0.3 is 14.5 Å². The van der Waals surface area contributed by atoms with E-state index in [1.165, 1.54) is 7.11 Å². The van der Waals surface area contributed by atoms with Gasteiger partial charge in [0.05, 0.1) is 12.6 Å². The van der Waals surface area contributed by atoms with E-state index in [4.69, 9.17) is 4.74 Å². The minimum absolute atomic E-state index is 0.378. The molecule has 2 rings (SSSR count). The third-order valence-electron chi connectivity index (χ3n) is 2.84. The Labute approximate surface area is 106 Å². The van der Waals surface area contributed by atoms with Crippen LogP contribution in [0.25, 0.3) is 5.52 Å². The SMILES string of the molecule is CNCCc1nc(C(=O)OC)c2ccc(C)cn12. The van der Waals surface area contributed by atoms with E-state index in [0.717, 1.165) is 29.9 Å². The Morgan fingerprint density at radius 2 is 2.28 bits per heavy atom. The highest BCUT2D eigenvalue weighted by molar-refractivity contribution is 5.95. The zero-order chi connectivity index (χ0) is 13.1. The molecule has 2 heterocycles. The van der Waals surface area contributed by atoms with Gasteiger partial charge in [0.15, 0.2) is 5.69 Å². The fourth-order valence-electron chi connectivity index (χ4n) is 1.91. The molecule has 1 N–H and O–H groups in total. The van der Waals surface area contributed by atoms with Crippen LogP contribution >= 0.6 is 0 Å². The molecule has 0 aliphatic rings. The van der Waals surface area contributed by atoms with Crippen molar-refractivity contribution < 1.29 is 9.53 Å². The maximum Gasteiger partial charge on any atom is 0.358 e. The predicted molar refractivity (Wildman–Crippen MR) is 68.9 cm³/mol. The molecule has 18 heavy (non-hydrogen) atoms. The van der Waals surface area contributed by atoms with Crippen LogP contribution in [-0.2, 0) is 11.2 Å². The number of nitrogens with one attached hydrogen (secondary N) is 1. The molecule has 0 aliphatic carbocycles. The van der Waals surface area contributed by atoms with Gasteiger partial charge >= 0.3 is 5.97 Å². The maximum atomic E-state index is 11.7. The number of fused-ring (bicyclic) bond motifs is 1. The second-order valence-corrected chi connectivity index (χ2v) is 4.18. The monoisotopic (exact) mass is 247 g/mol. The smallest absolute Gasteiger partial charge is 0.358 e. The normalized spacial score (nSPS) is 10.8. The lowest BCUT2D eigenvalue weighted by atomic mass is 10.2. The molecule has 0 saturated heterocycles. The van der Waals surface area contributed by atoms with Gasteiger partial charge in [-0.1, -0.05) is 6.07 Å². The average Bonchev–Trinajstić information content (AvgIpc) is 2.73. The molecule has 0 fully saturated rings. The molecule has 5 nitrogen and oxygen atoms in total. The van der Waals surface area contributed by atoms with Crippen LogP contribution < -0.4 is 5.32 Å². The topological polar surface area (TPSA) is 55.6 Å². The number of carbonyl (C=O) groups is 1. The van der Waals surface area contributed by atoms with E-state index in [2.05, 4.69) is 10.3 Å². The minimum Gasteiger partial charge on any atom is -0.464 e. The summed E-state index contributed by atoms with van der Waals surface area (Å²) >= 11 is 0. The van der Waals surface area contributed by atoms with Crippen LogP contribution in [0.5, 0.6) is 0 Å². The lowest BCUT2D eigenvalue weighted by molar-refractivity contribution is 0.0597. The number of ether oxygens (including phenoxy) is 1. The number of aromatic nitrogens is 2. The van der Waals surface area contributed by atoms with Crippen molar-refractivity contribution in [2.45, 2.75) is 13.3 Å². The van der Waals surface area contributed by atoms with Crippen LogP contribution in [0.1, 0.15) is 21.9 Å². The van der Waals surface area contributed by atoms with Gasteiger partial charge in [-0.15, -0.1) is 0 Å². The summed E-state index contributed by atoms with van der Waals surface area (Å²) in [5, 5.41) is 3.08. The third kappa shape index (κ3) is 2.22. The van der Waals surface area contributed by atoms with Gasteiger partial charge in [-0.05, 0) is 25.6 Å². The minimum atomic E-state index is -0.396. The van der Waals surface area contributed by atoms with Gasteiger partial charge in [0.25, 0.3) is 0 Å². The van der Waals surface area contributed by atoms with Crippen LogP contribution in [0.2, 0.25) is 0 Å². The molecule has 5 heteroatoms. The molecule has 0 radical (unpaired) electrons. The fourth-order valence-corrected chi connectivity index (χ4v) is 1.91. The lowest BCUT2D eigenvalue weighted by Crippen LogP contribution is -2.12. The molecule has 0 amide bonds. The van der Waals surface area contributed by atoms with Gasteiger partial charge in [0.1, 0.15) is 5.82 Å². The zero-order valence-corrected chi connectivity index (χ0v) is 10.9. The van der Waals surface area contributed by atoms with Crippen molar-refractivity contribution in [3.63, 3.8) is 0 Å². The number of rotatable bonds is 4. The largest absolute Gasteiger partial charge is 0.464 e. The Balaban J connectivity index is 2.55. The van der Waals surface area contributed by atoms with Crippen molar-refractivity contribution in [2.75, 3.05) is 20.7 Å². The molecular weight excluding hydrogens is 230 g/mol. The summed E-state index contributed by atoms with van der Waals surface area (Å²) in [6.45, 7) is 2.83. The van der Waals surface area contributed by atoms with Crippen LogP contribution in [0.15, 0.2) is 18.3 Å². The summed E-state index contributed by atoms with van der Waals surface area (Å²) in [7, 11) is 3.26. The highest BCUT2D eigenvalue weighted by Crippen LogP contribution is 2.16. The number of pyridine rings is 1. The summed E-state index contributed by atoms with van der Waals surface area (Å²) in [6, 6.07) is 3.86. The van der Waals surface area contributed by atoms with Crippen molar-refractivity contribution in [2.24, 2.45) is 0 Å². The first-order valence-electron chi connectivity index (χ1n) is 5.88. The van der Waals surface area contributed by atoms with Crippen LogP contribution in [0.3, 0.4) is 0 Å². The van der Waals surface area contributed by atoms with E-state index in [0.29, 0.717) is 5.69 Å². The first-order valence-corrected chi connectivity index (χ1v) is 5.88. The molecule has 96 valence electrons. The Bertz CT molecular complexity index is 575. The van der Waals surface area contributed by atoms with E-state index in [-0.39, 0.29) is 0 Å². The number of methoxy groups -OCH3 is 1. The van der Waals surface area contributed by atoms with Gasteiger partial charge in [-0.3, -0.25) is 0 Å². The molecule has 0 unspecified atom stereocenters. The van der Waals surface area contributed by atoms with Crippen LogP contribution in [0.4, 0.5) is 0 Å². The van der Waals surface area contributed by atoms with Gasteiger partial charge in [0, 0.05) is 19.2 Å². The fraction of sp³-hybridized carbons (Fsp3) is 0.385. The Kier molecular flexibility index (Phi) is 3.62. The molecule has 0 atom stereocenters. The van der Waals surface area contributed by atoms with Gasteiger partial charge in [-0.2, -0.15) is 0 Å². The molecule has 0 aromatic carbocycles. The first kappa shape index (κ1) is 12.6. The summed E-state index contributed by atoms with van der Waals surface area (Å²) in [5.41, 5.74) is 2.30. The van der Waals surface area contributed by atoms with E-state index in [1.807, 2.05) is 36.7 Å². The Morgan fingerprint density at radius 3 is 2.94 bits per heavy atom. The van der Waals surface area contributed by atoms with Crippen molar-refractivity contribution in [3.05, 3.63) is 35.4 Å². The second-order valence-electron chi connectivity index (χ2n) is 4.18. The van der Waals surface area contributed by atoms with Crippen molar-refractivity contribution in [3.8, 4) is 0 Å². The van der Waals surface area contributed by atoms with E-state index >= 15 is 0 Å². The number of imidazole rings is 1. The molecule has 0 bridgehead atoms. The average molecular weight is 247 g/mol. The number of carbonyl (C=O) groups excluding carboxylic acids is 1. The van der Waals surface area contributed by atoms with Crippen molar-refractivity contribution >= 4 is 11.5 Å². The van der Waals surface area contributed by atoms with Gasteiger partial charge in [0.2, 0.25) is 0 Å². The zero-order valence-electron chi connectivity index (χ0n) is 10.9. The number of hydrogen-bond acceptors (Lipinski definition) is 4. The quantitative estimate of drug-likeness (QED) is 0.825.